The van der Waals surface area contributed by atoms with E-state index in [4.69, 9.17) is 9.47 Å². The van der Waals surface area contributed by atoms with Crippen molar-refractivity contribution in [2.45, 2.75) is 51.8 Å². The van der Waals surface area contributed by atoms with Crippen LogP contribution in [0.1, 0.15) is 34.1 Å². The lowest BCUT2D eigenvalue weighted by Gasteiger charge is -2.35. The van der Waals surface area contributed by atoms with Crippen LogP contribution in [0, 0.1) is 0 Å². The van der Waals surface area contributed by atoms with Crippen LogP contribution in [-0.4, -0.2) is 68.5 Å². The summed E-state index contributed by atoms with van der Waals surface area (Å²) in [6.07, 6.45) is -0.293. The standard InChI is InChI=1S/C20H29N3O6S/c1-5-28-17-8-6-14(7-9-17)22-11-16-10-15(22)12-23(16)18(24)13-30(26,27)21-19(25)29-20(2,3)4/h6-9,15-16H,5,10-13H2,1-4H3,(H,21,25)/t15-,16-/m0/s1. The molecule has 0 unspecified atom stereocenters. The number of benzene rings is 1. The molecule has 2 amide bonds. The van der Waals surface area contributed by atoms with Crippen molar-refractivity contribution >= 4 is 27.7 Å². The molecule has 0 saturated carbocycles. The van der Waals surface area contributed by atoms with Crippen molar-refractivity contribution in [2.24, 2.45) is 0 Å². The summed E-state index contributed by atoms with van der Waals surface area (Å²) in [5, 5.41) is 0. The molecule has 166 valence electrons. The molecule has 0 aliphatic carbocycles. The van der Waals surface area contributed by atoms with Crippen molar-refractivity contribution in [3.8, 4) is 5.75 Å². The molecule has 2 fully saturated rings. The highest BCUT2D eigenvalue weighted by Gasteiger charge is 2.46. The Balaban J connectivity index is 1.56. The summed E-state index contributed by atoms with van der Waals surface area (Å²) in [6.45, 7) is 8.52. The van der Waals surface area contributed by atoms with Crippen molar-refractivity contribution < 1.29 is 27.5 Å². The van der Waals surface area contributed by atoms with Crippen LogP contribution in [0.2, 0.25) is 0 Å². The van der Waals surface area contributed by atoms with E-state index in [0.29, 0.717) is 19.7 Å². The van der Waals surface area contributed by atoms with Crippen LogP contribution in [0.15, 0.2) is 24.3 Å². The number of nitrogens with zero attached hydrogens (tertiary/aromatic N) is 2. The molecule has 10 heteroatoms. The quantitative estimate of drug-likeness (QED) is 0.720. The number of carbonyl (C=O) groups excluding carboxylic acids is 2. The van der Waals surface area contributed by atoms with Gasteiger partial charge in [0.15, 0.2) is 0 Å². The third kappa shape index (κ3) is 5.35. The largest absolute Gasteiger partial charge is 0.494 e. The highest BCUT2D eigenvalue weighted by molar-refractivity contribution is 7.90. The third-order valence-corrected chi connectivity index (χ3v) is 6.10. The minimum atomic E-state index is -4.13. The molecule has 0 radical (unpaired) electrons. The Morgan fingerprint density at radius 2 is 1.80 bits per heavy atom. The minimum Gasteiger partial charge on any atom is -0.494 e. The zero-order valence-corrected chi connectivity index (χ0v) is 18.6. The molecule has 2 saturated heterocycles. The van der Waals surface area contributed by atoms with Crippen LogP contribution >= 0.6 is 0 Å². The van der Waals surface area contributed by atoms with Crippen LogP contribution in [0.25, 0.3) is 0 Å². The summed E-state index contributed by atoms with van der Waals surface area (Å²) in [7, 11) is -4.13. The molecule has 2 heterocycles. The summed E-state index contributed by atoms with van der Waals surface area (Å²) in [6, 6.07) is 7.91. The lowest BCUT2D eigenvalue weighted by molar-refractivity contribution is -0.129. The van der Waals surface area contributed by atoms with Gasteiger partial charge in [-0.1, -0.05) is 0 Å². The minimum absolute atomic E-state index is 0.0502. The van der Waals surface area contributed by atoms with Crippen LogP contribution in [0.5, 0.6) is 5.75 Å². The zero-order chi connectivity index (χ0) is 22.1. The van der Waals surface area contributed by atoms with Gasteiger partial charge in [-0.3, -0.25) is 4.79 Å². The maximum atomic E-state index is 12.6. The first kappa shape index (κ1) is 22.2. The molecule has 30 heavy (non-hydrogen) atoms. The van der Waals surface area contributed by atoms with Crippen LogP contribution < -0.4 is 14.4 Å². The van der Waals surface area contributed by atoms with Gasteiger partial charge in [0.2, 0.25) is 15.9 Å². The van der Waals surface area contributed by atoms with Gasteiger partial charge in [0.1, 0.15) is 17.1 Å². The van der Waals surface area contributed by atoms with Crippen LogP contribution in [-0.2, 0) is 19.6 Å². The lowest BCUT2D eigenvalue weighted by Crippen LogP contribution is -2.51. The number of hydrogen-bond acceptors (Lipinski definition) is 7. The molecule has 2 atom stereocenters. The van der Waals surface area contributed by atoms with Crippen LogP contribution in [0.4, 0.5) is 10.5 Å². The first-order valence-electron chi connectivity index (χ1n) is 10.00. The average molecular weight is 440 g/mol. The van der Waals surface area contributed by atoms with Crippen molar-refractivity contribution in [3.05, 3.63) is 24.3 Å². The highest BCUT2D eigenvalue weighted by Crippen LogP contribution is 2.35. The first-order chi connectivity index (χ1) is 14.0. The Labute approximate surface area is 177 Å². The van der Waals surface area contributed by atoms with E-state index >= 15 is 0 Å². The number of sulfonamides is 1. The summed E-state index contributed by atoms with van der Waals surface area (Å²) in [5.74, 6) is -0.478. The number of ether oxygens (including phenoxy) is 2. The van der Waals surface area contributed by atoms with E-state index in [1.165, 1.54) is 0 Å². The normalized spacial score (nSPS) is 20.9. The molecule has 0 aromatic heterocycles. The number of amides is 2. The molecule has 2 aliphatic heterocycles. The van der Waals surface area contributed by atoms with Crippen molar-refractivity contribution in [2.75, 3.05) is 30.3 Å². The average Bonchev–Trinajstić information content (AvgIpc) is 3.20. The molecule has 1 aromatic carbocycles. The lowest BCUT2D eigenvalue weighted by atomic mass is 10.2. The summed E-state index contributed by atoms with van der Waals surface area (Å²) in [5.41, 5.74) is 0.222. The van der Waals surface area contributed by atoms with E-state index in [2.05, 4.69) is 4.90 Å². The molecule has 1 N–H and O–H groups in total. The monoisotopic (exact) mass is 439 g/mol. The van der Waals surface area contributed by atoms with E-state index in [1.54, 1.807) is 30.4 Å². The fourth-order valence-electron chi connectivity index (χ4n) is 3.90. The van der Waals surface area contributed by atoms with Gasteiger partial charge in [0, 0.05) is 24.8 Å². The number of nitrogens with one attached hydrogen (secondary N) is 1. The molecule has 2 aliphatic rings. The fraction of sp³-hybridized carbons (Fsp3) is 0.600. The van der Waals surface area contributed by atoms with Crippen molar-refractivity contribution in [3.63, 3.8) is 0 Å². The van der Waals surface area contributed by atoms with E-state index in [1.807, 2.05) is 31.2 Å². The van der Waals surface area contributed by atoms with E-state index in [9.17, 15) is 18.0 Å². The fourth-order valence-corrected chi connectivity index (χ4v) is 4.76. The molecule has 0 spiro atoms. The Morgan fingerprint density at radius 1 is 1.13 bits per heavy atom. The summed E-state index contributed by atoms with van der Waals surface area (Å²) in [4.78, 5) is 28.1. The second-order valence-corrected chi connectivity index (χ2v) is 10.3. The van der Waals surface area contributed by atoms with Crippen LogP contribution in [0.3, 0.4) is 0 Å². The molecular formula is C20H29N3O6S. The number of anilines is 1. The molecule has 1 aromatic rings. The second kappa shape index (κ2) is 8.33. The van der Waals surface area contributed by atoms with Gasteiger partial charge >= 0.3 is 6.09 Å². The Hall–Kier alpha value is -2.49. The van der Waals surface area contributed by atoms with Gasteiger partial charge in [0.25, 0.3) is 0 Å². The van der Waals surface area contributed by atoms with Gasteiger partial charge in [-0.05, 0) is 58.4 Å². The van der Waals surface area contributed by atoms with Gasteiger partial charge in [-0.25, -0.2) is 17.9 Å². The van der Waals surface area contributed by atoms with Crippen molar-refractivity contribution in [1.29, 1.82) is 0 Å². The van der Waals surface area contributed by atoms with E-state index < -0.39 is 33.4 Å². The molecule has 3 rings (SSSR count). The maximum Gasteiger partial charge on any atom is 0.421 e. The predicted octanol–water partition coefficient (Wildman–Crippen LogP) is 1.73. The molecule has 9 nitrogen and oxygen atoms in total. The van der Waals surface area contributed by atoms with E-state index in [-0.39, 0.29) is 12.1 Å². The molecular weight excluding hydrogens is 410 g/mol. The summed E-state index contributed by atoms with van der Waals surface area (Å²) >= 11 is 0. The third-order valence-electron chi connectivity index (χ3n) is 4.99. The van der Waals surface area contributed by atoms with Gasteiger partial charge in [-0.15, -0.1) is 0 Å². The van der Waals surface area contributed by atoms with Gasteiger partial charge in [0.05, 0.1) is 12.6 Å². The number of likely N-dealkylation sites (tertiary alicyclic amines) is 1. The zero-order valence-electron chi connectivity index (χ0n) is 17.8. The SMILES string of the molecule is CCOc1ccc(N2C[C@@H]3C[C@H]2CN3C(=O)CS(=O)(=O)NC(=O)OC(C)(C)C)cc1. The number of carbonyl (C=O) groups is 2. The number of fused-ring (bicyclic) bond motifs is 2. The highest BCUT2D eigenvalue weighted by atomic mass is 32.2. The number of hydrogen-bond donors (Lipinski definition) is 1. The smallest absolute Gasteiger partial charge is 0.421 e. The second-order valence-electron chi connectivity index (χ2n) is 8.53. The topological polar surface area (TPSA) is 105 Å². The number of rotatable bonds is 6. The van der Waals surface area contributed by atoms with Crippen molar-refractivity contribution in [1.82, 2.24) is 9.62 Å². The van der Waals surface area contributed by atoms with Gasteiger partial charge in [-0.2, -0.15) is 0 Å². The Morgan fingerprint density at radius 3 is 2.33 bits per heavy atom. The Bertz CT molecular complexity index is 894. The van der Waals surface area contributed by atoms with E-state index in [0.717, 1.165) is 17.9 Å². The predicted molar refractivity (Wildman–Crippen MR) is 112 cm³/mol. The maximum absolute atomic E-state index is 12.6. The number of piperazine rings is 1. The summed E-state index contributed by atoms with van der Waals surface area (Å²) < 4.78 is 36.6. The van der Waals surface area contributed by atoms with Gasteiger partial charge < -0.3 is 19.3 Å². The first-order valence-corrected chi connectivity index (χ1v) is 11.6. The molecule has 2 bridgehead atoms. The Kier molecular flexibility index (Phi) is 6.16.